The monoisotopic (exact) mass is 680 g/mol. The molecule has 13 heteroatoms. The van der Waals surface area contributed by atoms with Gasteiger partial charge in [0, 0.05) is 19.4 Å². The number of carboxylic acids is 1. The molecule has 13 nitrogen and oxygen atoms in total. The Morgan fingerprint density at radius 1 is 0.857 bits per heavy atom. The SMILES string of the molecule is CC(N)C(=O)O.COC(=O)C(Cc1cccc(-c2ccc(OCc3ccccc3)cc2)c1)NC(=O)[C@H](CC(O)CN)NC(=O)OC(C)(C)C. The van der Waals surface area contributed by atoms with Crippen molar-refractivity contribution in [1.82, 2.24) is 10.6 Å². The molecule has 0 spiro atoms. The highest BCUT2D eigenvalue weighted by molar-refractivity contribution is 5.90. The topological polar surface area (TPSA) is 213 Å². The number of hydrogen-bond acceptors (Lipinski definition) is 10. The van der Waals surface area contributed by atoms with Crippen molar-refractivity contribution < 1.29 is 43.6 Å². The molecule has 0 aromatic heterocycles. The highest BCUT2D eigenvalue weighted by atomic mass is 16.6. The third-order valence-corrected chi connectivity index (χ3v) is 6.78. The quantitative estimate of drug-likeness (QED) is 0.136. The molecule has 8 N–H and O–H groups in total. The number of aliphatic carboxylic acids is 1. The second kappa shape index (κ2) is 19.7. The van der Waals surface area contributed by atoms with E-state index in [1.165, 1.54) is 14.0 Å². The Balaban J connectivity index is 0.00000127. The van der Waals surface area contributed by atoms with Crippen molar-refractivity contribution in [2.45, 2.75) is 77.0 Å². The van der Waals surface area contributed by atoms with Crippen molar-refractivity contribution >= 4 is 23.9 Å². The Bertz CT molecular complexity index is 1490. The zero-order valence-corrected chi connectivity index (χ0v) is 28.6. The number of amides is 2. The second-order valence-electron chi connectivity index (χ2n) is 12.2. The molecule has 3 aromatic rings. The smallest absolute Gasteiger partial charge is 0.408 e. The lowest BCUT2D eigenvalue weighted by molar-refractivity contribution is -0.145. The van der Waals surface area contributed by atoms with E-state index in [-0.39, 0.29) is 19.4 Å². The van der Waals surface area contributed by atoms with Crippen LogP contribution in [0.2, 0.25) is 0 Å². The van der Waals surface area contributed by atoms with Gasteiger partial charge in [0.25, 0.3) is 0 Å². The first kappa shape index (κ1) is 40.2. The summed E-state index contributed by atoms with van der Waals surface area (Å²) in [7, 11) is 1.23. The predicted octanol–water partition coefficient (Wildman–Crippen LogP) is 3.15. The van der Waals surface area contributed by atoms with Gasteiger partial charge < -0.3 is 46.5 Å². The maximum atomic E-state index is 13.2. The molecule has 3 aromatic carbocycles. The molecule has 3 rings (SSSR count). The van der Waals surface area contributed by atoms with Gasteiger partial charge in [-0.15, -0.1) is 0 Å². The van der Waals surface area contributed by atoms with Crippen LogP contribution in [0.5, 0.6) is 5.75 Å². The minimum absolute atomic E-state index is 0.118. The lowest BCUT2D eigenvalue weighted by Crippen LogP contribution is -2.54. The zero-order valence-electron chi connectivity index (χ0n) is 28.6. The molecule has 49 heavy (non-hydrogen) atoms. The number of hydrogen-bond donors (Lipinski definition) is 6. The summed E-state index contributed by atoms with van der Waals surface area (Å²) >= 11 is 0. The molecule has 0 radical (unpaired) electrons. The number of alkyl carbamates (subject to hydrolysis) is 1. The Morgan fingerprint density at radius 2 is 1.47 bits per heavy atom. The van der Waals surface area contributed by atoms with E-state index in [1.54, 1.807) is 20.8 Å². The number of nitrogens with one attached hydrogen (secondary N) is 2. The molecule has 0 saturated carbocycles. The third kappa shape index (κ3) is 15.2. The molecule has 4 atom stereocenters. The number of nitrogens with two attached hydrogens (primary N) is 2. The molecular weight excluding hydrogens is 632 g/mol. The molecule has 0 saturated heterocycles. The van der Waals surface area contributed by atoms with E-state index in [4.69, 9.17) is 30.8 Å². The molecule has 0 aliphatic heterocycles. The Morgan fingerprint density at radius 3 is 2.02 bits per heavy atom. The first-order valence-electron chi connectivity index (χ1n) is 15.7. The number of aliphatic hydroxyl groups excluding tert-OH is 1. The van der Waals surface area contributed by atoms with Crippen LogP contribution in [0.3, 0.4) is 0 Å². The number of esters is 1. The van der Waals surface area contributed by atoms with E-state index in [9.17, 15) is 24.3 Å². The van der Waals surface area contributed by atoms with Gasteiger partial charge in [-0.25, -0.2) is 9.59 Å². The summed E-state index contributed by atoms with van der Waals surface area (Å²) in [6.07, 6.45) is -1.94. The maximum absolute atomic E-state index is 13.2. The number of carbonyl (C=O) groups is 4. The van der Waals surface area contributed by atoms with Gasteiger partial charge in [-0.05, 0) is 62.1 Å². The fourth-order valence-corrected chi connectivity index (χ4v) is 4.26. The number of carboxylic acid groups (broad SMARTS) is 1. The van der Waals surface area contributed by atoms with Crippen LogP contribution in [0.1, 0.15) is 45.2 Å². The fraction of sp³-hybridized carbons (Fsp3) is 0.389. The van der Waals surface area contributed by atoms with Crippen molar-refractivity contribution in [2.75, 3.05) is 13.7 Å². The van der Waals surface area contributed by atoms with Crippen LogP contribution in [0.25, 0.3) is 11.1 Å². The Kier molecular flexibility index (Phi) is 16.2. The third-order valence-electron chi connectivity index (χ3n) is 6.78. The summed E-state index contributed by atoms with van der Waals surface area (Å²) < 4.78 is 16.1. The largest absolute Gasteiger partial charge is 0.489 e. The van der Waals surface area contributed by atoms with E-state index in [0.29, 0.717) is 6.61 Å². The fourth-order valence-electron chi connectivity index (χ4n) is 4.26. The van der Waals surface area contributed by atoms with Gasteiger partial charge in [0.2, 0.25) is 5.91 Å². The van der Waals surface area contributed by atoms with Crippen molar-refractivity contribution in [3.05, 3.63) is 90.0 Å². The molecule has 3 unspecified atom stereocenters. The zero-order chi connectivity index (χ0) is 36.6. The van der Waals surface area contributed by atoms with Crippen LogP contribution in [0, 0.1) is 0 Å². The van der Waals surface area contributed by atoms with E-state index < -0.39 is 53.8 Å². The van der Waals surface area contributed by atoms with Crippen LogP contribution >= 0.6 is 0 Å². The second-order valence-corrected chi connectivity index (χ2v) is 12.2. The van der Waals surface area contributed by atoms with Crippen LogP contribution < -0.4 is 26.8 Å². The number of ether oxygens (including phenoxy) is 3. The molecule has 0 bridgehead atoms. The average Bonchev–Trinajstić information content (AvgIpc) is 3.06. The van der Waals surface area contributed by atoms with Crippen molar-refractivity contribution in [1.29, 1.82) is 0 Å². The van der Waals surface area contributed by atoms with E-state index >= 15 is 0 Å². The maximum Gasteiger partial charge on any atom is 0.408 e. The summed E-state index contributed by atoms with van der Waals surface area (Å²) in [6, 6.07) is 22.2. The predicted molar refractivity (Wildman–Crippen MR) is 184 cm³/mol. The summed E-state index contributed by atoms with van der Waals surface area (Å²) in [5, 5.41) is 23.1. The van der Waals surface area contributed by atoms with Crippen molar-refractivity contribution in [3.8, 4) is 16.9 Å². The molecule has 0 aliphatic rings. The Hall–Kier alpha value is -4.98. The van der Waals surface area contributed by atoms with Gasteiger partial charge in [-0.3, -0.25) is 9.59 Å². The number of carbonyl (C=O) groups excluding carboxylic acids is 3. The van der Waals surface area contributed by atoms with Gasteiger partial charge in [0.05, 0.1) is 13.2 Å². The molecule has 266 valence electrons. The first-order valence-corrected chi connectivity index (χ1v) is 15.7. The highest BCUT2D eigenvalue weighted by Gasteiger charge is 2.30. The number of methoxy groups -OCH3 is 1. The van der Waals surface area contributed by atoms with Crippen LogP contribution in [-0.2, 0) is 36.9 Å². The van der Waals surface area contributed by atoms with Crippen LogP contribution in [0.4, 0.5) is 4.79 Å². The summed E-state index contributed by atoms with van der Waals surface area (Å²) in [6.45, 7) is 6.83. The molecule has 0 aliphatic carbocycles. The van der Waals surface area contributed by atoms with Crippen molar-refractivity contribution in [3.63, 3.8) is 0 Å². The number of aliphatic hydroxyl groups is 1. The van der Waals surface area contributed by atoms with Gasteiger partial charge in [0.1, 0.15) is 36.1 Å². The lowest BCUT2D eigenvalue weighted by Gasteiger charge is -2.26. The molecule has 0 fully saturated rings. The molecule has 0 heterocycles. The van der Waals surface area contributed by atoms with Crippen LogP contribution in [-0.4, -0.2) is 77.6 Å². The van der Waals surface area contributed by atoms with E-state index in [0.717, 1.165) is 28.0 Å². The van der Waals surface area contributed by atoms with Gasteiger partial charge in [-0.2, -0.15) is 0 Å². The number of rotatable bonds is 14. The van der Waals surface area contributed by atoms with Gasteiger partial charge >= 0.3 is 18.0 Å². The summed E-state index contributed by atoms with van der Waals surface area (Å²) in [5.74, 6) is -1.56. The van der Waals surface area contributed by atoms with Gasteiger partial charge in [-0.1, -0.05) is 66.7 Å². The van der Waals surface area contributed by atoms with Crippen molar-refractivity contribution in [2.24, 2.45) is 11.5 Å². The first-order chi connectivity index (χ1) is 23.1. The average molecular weight is 681 g/mol. The lowest BCUT2D eigenvalue weighted by atomic mass is 9.99. The Labute approximate surface area is 286 Å². The highest BCUT2D eigenvalue weighted by Crippen LogP contribution is 2.24. The summed E-state index contributed by atoms with van der Waals surface area (Å²) in [4.78, 5) is 47.9. The van der Waals surface area contributed by atoms with Crippen LogP contribution in [0.15, 0.2) is 78.9 Å². The number of benzene rings is 3. The van der Waals surface area contributed by atoms with E-state index in [1.807, 2.05) is 78.9 Å². The van der Waals surface area contributed by atoms with Gasteiger partial charge in [0.15, 0.2) is 0 Å². The normalized spacial score (nSPS) is 13.3. The molecule has 2 amide bonds. The minimum Gasteiger partial charge on any atom is -0.489 e. The minimum atomic E-state index is -1.20. The summed E-state index contributed by atoms with van der Waals surface area (Å²) in [5.41, 5.74) is 13.3. The standard InChI is InChI=1S/C33H41N3O7.C3H7NO2/c1-33(2,3)43-32(40)36-28(19-26(37)20-34)30(38)35-29(31(39)41-4)18-23-11-8-12-25(17-23)24-13-15-27(16-14-24)42-21-22-9-6-5-7-10-22;1-2(4)3(5)6/h5-17,26,28-29,37H,18-21,34H2,1-4H3,(H,35,38)(H,36,40);2H,4H2,1H3,(H,5,6)/t26?,28-,29?;/m0./s1. The molecular formula is C36H48N4O9. The van der Waals surface area contributed by atoms with E-state index in [2.05, 4.69) is 10.6 Å².